The van der Waals surface area contributed by atoms with Crippen LogP contribution >= 0.6 is 15.9 Å². The predicted octanol–water partition coefficient (Wildman–Crippen LogP) is 3.76. The molecular formula is C16H20BrF2N3O2. The molecule has 1 unspecified atom stereocenters. The van der Waals surface area contributed by atoms with Crippen molar-refractivity contribution in [3.05, 3.63) is 21.8 Å². The summed E-state index contributed by atoms with van der Waals surface area (Å²) in [6.45, 7) is 7.06. The van der Waals surface area contributed by atoms with E-state index in [9.17, 15) is 13.6 Å². The van der Waals surface area contributed by atoms with E-state index < -0.39 is 12.0 Å². The number of hydrogen-bond donors (Lipinski definition) is 0. The van der Waals surface area contributed by atoms with Crippen LogP contribution in [0.25, 0.3) is 0 Å². The van der Waals surface area contributed by atoms with Crippen LogP contribution in [0.5, 0.6) is 0 Å². The van der Waals surface area contributed by atoms with Gasteiger partial charge in [-0.2, -0.15) is 0 Å². The highest BCUT2D eigenvalue weighted by Crippen LogP contribution is 2.37. The maximum atomic E-state index is 13.1. The Labute approximate surface area is 148 Å². The second kappa shape index (κ2) is 6.13. The fourth-order valence-corrected chi connectivity index (χ4v) is 3.68. The first-order valence-electron chi connectivity index (χ1n) is 7.88. The van der Waals surface area contributed by atoms with Crippen molar-refractivity contribution in [2.24, 2.45) is 0 Å². The van der Waals surface area contributed by atoms with Gasteiger partial charge in [-0.25, -0.2) is 18.6 Å². The summed E-state index contributed by atoms with van der Waals surface area (Å²) < 4.78 is 31.9. The normalized spacial score (nSPS) is 20.2. The van der Waals surface area contributed by atoms with Gasteiger partial charge in [0.25, 0.3) is 6.43 Å². The minimum atomic E-state index is -2.62. The largest absolute Gasteiger partial charge is 0.444 e. The molecule has 0 saturated carbocycles. The van der Waals surface area contributed by atoms with Crippen LogP contribution in [0.1, 0.15) is 38.5 Å². The quantitative estimate of drug-likeness (QED) is 0.715. The number of ether oxygens (including phenoxy) is 1. The van der Waals surface area contributed by atoms with Crippen molar-refractivity contribution < 1.29 is 18.3 Å². The average Bonchev–Trinajstić information content (AvgIpc) is 2.80. The molecule has 1 amide bonds. The van der Waals surface area contributed by atoms with Crippen LogP contribution in [0.2, 0.25) is 0 Å². The van der Waals surface area contributed by atoms with Gasteiger partial charge in [-0.15, -0.1) is 0 Å². The second-order valence-electron chi connectivity index (χ2n) is 7.12. The third-order valence-electron chi connectivity index (χ3n) is 4.13. The third kappa shape index (κ3) is 3.34. The molecule has 2 aliphatic rings. The number of nitrogens with zero attached hydrogens (tertiary/aromatic N) is 3. The average molecular weight is 404 g/mol. The molecule has 2 aliphatic heterocycles. The van der Waals surface area contributed by atoms with E-state index in [1.165, 1.54) is 0 Å². The highest BCUT2D eigenvalue weighted by atomic mass is 79.9. The molecule has 3 heterocycles. The first-order chi connectivity index (χ1) is 11.2. The molecule has 3 rings (SSSR count). The maximum Gasteiger partial charge on any atom is 0.410 e. The summed E-state index contributed by atoms with van der Waals surface area (Å²) >= 11 is 3.17. The Morgan fingerprint density at radius 2 is 2.12 bits per heavy atom. The molecule has 0 bridgehead atoms. The fourth-order valence-electron chi connectivity index (χ4n) is 3.14. The van der Waals surface area contributed by atoms with Gasteiger partial charge in [0.1, 0.15) is 17.1 Å². The van der Waals surface area contributed by atoms with Gasteiger partial charge in [0.05, 0.1) is 6.04 Å². The van der Waals surface area contributed by atoms with Crippen molar-refractivity contribution in [3.63, 3.8) is 0 Å². The number of rotatable bonds is 1. The number of amides is 1. The van der Waals surface area contributed by atoms with Gasteiger partial charge < -0.3 is 14.5 Å². The number of hydrogen-bond acceptors (Lipinski definition) is 4. The number of alkyl halides is 2. The molecule has 0 aromatic carbocycles. The van der Waals surface area contributed by atoms with Crippen molar-refractivity contribution >= 4 is 27.8 Å². The third-order valence-corrected chi connectivity index (χ3v) is 4.76. The number of pyridine rings is 1. The van der Waals surface area contributed by atoms with Crippen molar-refractivity contribution in [1.29, 1.82) is 0 Å². The summed E-state index contributed by atoms with van der Waals surface area (Å²) in [5.74, 6) is 0.613. The summed E-state index contributed by atoms with van der Waals surface area (Å²) in [7, 11) is 0. The van der Waals surface area contributed by atoms with Crippen molar-refractivity contribution in [2.45, 2.75) is 45.3 Å². The minimum absolute atomic E-state index is 0.0496. The first kappa shape index (κ1) is 17.4. The van der Waals surface area contributed by atoms with E-state index in [0.29, 0.717) is 36.3 Å². The van der Waals surface area contributed by atoms with E-state index in [0.717, 1.165) is 5.56 Å². The van der Waals surface area contributed by atoms with Gasteiger partial charge >= 0.3 is 6.09 Å². The van der Waals surface area contributed by atoms with E-state index in [1.54, 1.807) is 11.0 Å². The number of carbonyl (C=O) groups is 1. The van der Waals surface area contributed by atoms with Crippen molar-refractivity contribution in [2.75, 3.05) is 24.5 Å². The summed E-state index contributed by atoms with van der Waals surface area (Å²) in [6, 6.07) is 1.77. The topological polar surface area (TPSA) is 45.7 Å². The van der Waals surface area contributed by atoms with Crippen molar-refractivity contribution in [1.82, 2.24) is 9.88 Å². The molecule has 0 N–H and O–H groups in total. The lowest BCUT2D eigenvalue weighted by Gasteiger charge is -2.39. The van der Waals surface area contributed by atoms with Gasteiger partial charge in [0.2, 0.25) is 0 Å². The van der Waals surface area contributed by atoms with Crippen molar-refractivity contribution in [3.8, 4) is 0 Å². The SMILES string of the molecule is CC(C)(C)OC(=O)N1CCN2c3nc(C(F)F)c(Br)cc3CC2C1. The van der Waals surface area contributed by atoms with Gasteiger partial charge in [0.15, 0.2) is 0 Å². The number of anilines is 1. The van der Waals surface area contributed by atoms with E-state index in [4.69, 9.17) is 4.74 Å². The van der Waals surface area contributed by atoms with Crippen LogP contribution in [-0.4, -0.2) is 47.3 Å². The standard InChI is InChI=1S/C16H20BrF2N3O2/c1-16(2,3)24-15(23)21-4-5-22-10(8-21)6-9-7-11(17)12(13(18)19)20-14(9)22/h7,10,13H,4-6,8H2,1-3H3. The molecule has 132 valence electrons. The van der Waals surface area contributed by atoms with Crippen LogP contribution in [0.15, 0.2) is 10.5 Å². The molecule has 1 saturated heterocycles. The molecular weight excluding hydrogens is 384 g/mol. The number of halogens is 3. The van der Waals surface area contributed by atoms with E-state index in [1.807, 2.05) is 25.7 Å². The summed E-state index contributed by atoms with van der Waals surface area (Å²) in [5.41, 5.74) is 0.164. The highest BCUT2D eigenvalue weighted by molar-refractivity contribution is 9.10. The predicted molar refractivity (Wildman–Crippen MR) is 89.5 cm³/mol. The minimum Gasteiger partial charge on any atom is -0.444 e. The van der Waals surface area contributed by atoms with E-state index in [-0.39, 0.29) is 17.8 Å². The summed E-state index contributed by atoms with van der Waals surface area (Å²) in [5, 5.41) is 0. The number of aromatic nitrogens is 1. The zero-order valence-electron chi connectivity index (χ0n) is 13.9. The van der Waals surface area contributed by atoms with Crippen LogP contribution in [-0.2, 0) is 11.2 Å². The van der Waals surface area contributed by atoms with Crippen LogP contribution in [0, 0.1) is 0 Å². The molecule has 0 spiro atoms. The van der Waals surface area contributed by atoms with E-state index >= 15 is 0 Å². The zero-order chi connectivity index (χ0) is 17.6. The monoisotopic (exact) mass is 403 g/mol. The Kier molecular flexibility index (Phi) is 4.44. The molecule has 5 nitrogen and oxygen atoms in total. The second-order valence-corrected chi connectivity index (χ2v) is 7.97. The Morgan fingerprint density at radius 1 is 1.42 bits per heavy atom. The number of piperazine rings is 1. The first-order valence-corrected chi connectivity index (χ1v) is 8.67. The lowest BCUT2D eigenvalue weighted by atomic mass is 10.1. The fraction of sp³-hybridized carbons (Fsp3) is 0.625. The Hall–Kier alpha value is -1.44. The molecule has 1 atom stereocenters. The van der Waals surface area contributed by atoms with Gasteiger partial charge in [-0.05, 0) is 54.8 Å². The maximum absolute atomic E-state index is 13.1. The van der Waals surface area contributed by atoms with Gasteiger partial charge in [-0.3, -0.25) is 0 Å². The Balaban J connectivity index is 1.76. The molecule has 1 aromatic heterocycles. The van der Waals surface area contributed by atoms with Gasteiger partial charge in [0, 0.05) is 24.1 Å². The van der Waals surface area contributed by atoms with E-state index in [2.05, 4.69) is 20.9 Å². The lowest BCUT2D eigenvalue weighted by Crippen LogP contribution is -2.54. The number of fused-ring (bicyclic) bond motifs is 3. The van der Waals surface area contributed by atoms with Crippen LogP contribution < -0.4 is 4.90 Å². The zero-order valence-corrected chi connectivity index (χ0v) is 15.4. The van der Waals surface area contributed by atoms with Crippen LogP contribution in [0.4, 0.5) is 19.4 Å². The van der Waals surface area contributed by atoms with Crippen LogP contribution in [0.3, 0.4) is 0 Å². The number of carbonyl (C=O) groups excluding carboxylic acids is 1. The Morgan fingerprint density at radius 3 is 2.75 bits per heavy atom. The Bertz CT molecular complexity index is 663. The molecule has 0 radical (unpaired) electrons. The molecule has 24 heavy (non-hydrogen) atoms. The smallest absolute Gasteiger partial charge is 0.410 e. The lowest BCUT2D eigenvalue weighted by molar-refractivity contribution is 0.0217. The summed E-state index contributed by atoms with van der Waals surface area (Å²) in [6.07, 6.45) is -2.27. The molecule has 0 aliphatic carbocycles. The van der Waals surface area contributed by atoms with Gasteiger partial charge in [-0.1, -0.05) is 0 Å². The molecule has 1 aromatic rings. The molecule has 1 fully saturated rings. The molecule has 8 heteroatoms. The summed E-state index contributed by atoms with van der Waals surface area (Å²) in [4.78, 5) is 20.1. The highest BCUT2D eigenvalue weighted by Gasteiger charge is 2.38.